The lowest BCUT2D eigenvalue weighted by Crippen LogP contribution is -2.24. The highest BCUT2D eigenvalue weighted by molar-refractivity contribution is 7.07. The average molecular weight is 182 g/mol. The summed E-state index contributed by atoms with van der Waals surface area (Å²) in [5.74, 6) is -0.0131. The average Bonchev–Trinajstić information content (AvgIpc) is 2.53. The normalized spacial score (nSPS) is 9.33. The van der Waals surface area contributed by atoms with Gasteiger partial charge < -0.3 is 5.32 Å². The Balaban J connectivity index is 2.32. The summed E-state index contributed by atoms with van der Waals surface area (Å²) < 4.78 is 0. The molecule has 0 atom stereocenters. The molecule has 0 bridgehead atoms. The lowest BCUT2D eigenvalue weighted by Gasteiger charge is -1.98. The van der Waals surface area contributed by atoms with E-state index in [1.807, 2.05) is 5.38 Å². The number of aromatic nitrogens is 1. The minimum absolute atomic E-state index is 0.0131. The molecule has 1 N–H and O–H groups in total. The van der Waals surface area contributed by atoms with Crippen molar-refractivity contribution in [3.63, 3.8) is 0 Å². The van der Waals surface area contributed by atoms with Crippen LogP contribution in [0.2, 0.25) is 0 Å². The Bertz CT molecular complexity index is 256. The van der Waals surface area contributed by atoms with Crippen molar-refractivity contribution in [2.45, 2.75) is 6.42 Å². The van der Waals surface area contributed by atoms with E-state index in [2.05, 4.69) is 16.9 Å². The summed E-state index contributed by atoms with van der Waals surface area (Å²) in [7, 11) is 0. The van der Waals surface area contributed by atoms with E-state index in [4.69, 9.17) is 0 Å². The Kier molecular flexibility index (Phi) is 3.47. The quantitative estimate of drug-likeness (QED) is 0.705. The first-order valence-corrected chi connectivity index (χ1v) is 4.52. The third-order valence-corrected chi connectivity index (χ3v) is 1.90. The second-order valence-corrected chi connectivity index (χ2v) is 2.97. The summed E-state index contributed by atoms with van der Waals surface area (Å²) in [5.41, 5.74) is 2.54. The monoisotopic (exact) mass is 182 g/mol. The molecule has 4 heteroatoms. The Labute approximate surface area is 75.1 Å². The third kappa shape index (κ3) is 2.84. The molecule has 12 heavy (non-hydrogen) atoms. The van der Waals surface area contributed by atoms with Gasteiger partial charge in [-0.05, 0) is 0 Å². The molecule has 3 nitrogen and oxygen atoms in total. The third-order valence-electron chi connectivity index (χ3n) is 1.27. The number of nitrogens with zero attached hydrogens (tertiary/aromatic N) is 1. The molecule has 0 saturated heterocycles. The zero-order valence-electron chi connectivity index (χ0n) is 6.62. The van der Waals surface area contributed by atoms with Crippen molar-refractivity contribution in [3.8, 4) is 0 Å². The number of rotatable bonds is 4. The number of carbonyl (C=O) groups is 1. The minimum atomic E-state index is -0.0131. The number of carbonyl (C=O) groups excluding carboxylic acids is 1. The zero-order chi connectivity index (χ0) is 8.81. The largest absolute Gasteiger partial charge is 0.352 e. The van der Waals surface area contributed by atoms with Gasteiger partial charge in [0.2, 0.25) is 5.91 Å². The second-order valence-electron chi connectivity index (χ2n) is 2.25. The Morgan fingerprint density at radius 3 is 3.25 bits per heavy atom. The predicted molar refractivity (Wildman–Crippen MR) is 49.0 cm³/mol. The minimum Gasteiger partial charge on any atom is -0.352 e. The number of hydrogen-bond acceptors (Lipinski definition) is 3. The molecule has 0 aromatic carbocycles. The van der Waals surface area contributed by atoms with Crippen LogP contribution in [0.25, 0.3) is 0 Å². The first-order valence-electron chi connectivity index (χ1n) is 3.57. The lowest BCUT2D eigenvalue weighted by atomic mass is 10.3. The summed E-state index contributed by atoms with van der Waals surface area (Å²) in [6.07, 6.45) is 2.01. The molecule has 0 fully saturated rings. The van der Waals surface area contributed by atoms with Crippen LogP contribution in [0.15, 0.2) is 23.5 Å². The summed E-state index contributed by atoms with van der Waals surface area (Å²) in [4.78, 5) is 15.1. The predicted octanol–water partition coefficient (Wildman–Crippen LogP) is 0.988. The van der Waals surface area contributed by atoms with Crippen molar-refractivity contribution in [1.82, 2.24) is 10.3 Å². The molecule has 1 rings (SSSR count). The van der Waals surface area contributed by atoms with Gasteiger partial charge in [-0.25, -0.2) is 4.98 Å². The van der Waals surface area contributed by atoms with E-state index in [1.165, 1.54) is 11.3 Å². The van der Waals surface area contributed by atoms with Crippen LogP contribution in [0.4, 0.5) is 0 Å². The fraction of sp³-hybridized carbons (Fsp3) is 0.250. The van der Waals surface area contributed by atoms with Crippen LogP contribution >= 0.6 is 11.3 Å². The summed E-state index contributed by atoms with van der Waals surface area (Å²) in [6.45, 7) is 4.02. The second kappa shape index (κ2) is 4.66. The zero-order valence-corrected chi connectivity index (χ0v) is 7.43. The highest BCUT2D eigenvalue weighted by Crippen LogP contribution is 2.00. The van der Waals surface area contributed by atoms with Gasteiger partial charge in [-0.1, -0.05) is 6.08 Å². The van der Waals surface area contributed by atoms with Crippen molar-refractivity contribution < 1.29 is 4.79 Å². The van der Waals surface area contributed by atoms with Crippen molar-refractivity contribution >= 4 is 17.2 Å². The fourth-order valence-electron chi connectivity index (χ4n) is 0.738. The van der Waals surface area contributed by atoms with Crippen LogP contribution in [0.1, 0.15) is 5.69 Å². The van der Waals surface area contributed by atoms with Gasteiger partial charge >= 0.3 is 0 Å². The van der Waals surface area contributed by atoms with E-state index in [0.717, 1.165) is 5.69 Å². The van der Waals surface area contributed by atoms with Gasteiger partial charge in [0.15, 0.2) is 0 Å². The molecule has 1 amide bonds. The molecule has 0 aliphatic rings. The van der Waals surface area contributed by atoms with E-state index in [-0.39, 0.29) is 5.91 Å². The molecule has 0 unspecified atom stereocenters. The number of thiazole rings is 1. The standard InChI is InChI=1S/C8H10N2OS/c1-2-3-9-8(11)4-7-5-12-6-10-7/h2,5-6H,1,3-4H2,(H,9,11). The molecule has 0 aliphatic carbocycles. The van der Waals surface area contributed by atoms with Gasteiger partial charge in [-0.15, -0.1) is 17.9 Å². The Hall–Kier alpha value is -1.16. The molecular weight excluding hydrogens is 172 g/mol. The first kappa shape index (κ1) is 8.93. The fourth-order valence-corrected chi connectivity index (χ4v) is 1.30. The van der Waals surface area contributed by atoms with Gasteiger partial charge in [0.25, 0.3) is 0 Å². The number of amides is 1. The Morgan fingerprint density at radius 2 is 2.67 bits per heavy atom. The van der Waals surface area contributed by atoms with Gasteiger partial charge in [0.1, 0.15) is 0 Å². The van der Waals surface area contributed by atoms with Crippen molar-refractivity contribution in [3.05, 3.63) is 29.2 Å². The van der Waals surface area contributed by atoms with Crippen LogP contribution < -0.4 is 5.32 Å². The molecule has 1 aromatic rings. The maximum absolute atomic E-state index is 11.1. The highest BCUT2D eigenvalue weighted by Gasteiger charge is 2.02. The molecule has 0 spiro atoms. The van der Waals surface area contributed by atoms with Gasteiger partial charge in [0, 0.05) is 11.9 Å². The van der Waals surface area contributed by atoms with Crippen LogP contribution in [0.5, 0.6) is 0 Å². The van der Waals surface area contributed by atoms with Crippen LogP contribution in [-0.2, 0) is 11.2 Å². The van der Waals surface area contributed by atoms with Crippen molar-refractivity contribution in [2.75, 3.05) is 6.54 Å². The van der Waals surface area contributed by atoms with E-state index < -0.39 is 0 Å². The summed E-state index contributed by atoms with van der Waals surface area (Å²) >= 11 is 1.49. The lowest BCUT2D eigenvalue weighted by molar-refractivity contribution is -0.120. The molecule has 1 aromatic heterocycles. The topological polar surface area (TPSA) is 42.0 Å². The Morgan fingerprint density at radius 1 is 1.83 bits per heavy atom. The van der Waals surface area contributed by atoms with Gasteiger partial charge in [0.05, 0.1) is 17.6 Å². The molecule has 0 saturated carbocycles. The number of hydrogen-bond donors (Lipinski definition) is 1. The molecule has 0 radical (unpaired) electrons. The first-order chi connectivity index (χ1) is 5.83. The maximum Gasteiger partial charge on any atom is 0.226 e. The smallest absolute Gasteiger partial charge is 0.226 e. The number of nitrogens with one attached hydrogen (secondary N) is 1. The molecule has 1 heterocycles. The molecule has 64 valence electrons. The molecule has 0 aliphatic heterocycles. The van der Waals surface area contributed by atoms with Gasteiger partial charge in [-0.2, -0.15) is 0 Å². The van der Waals surface area contributed by atoms with Gasteiger partial charge in [-0.3, -0.25) is 4.79 Å². The maximum atomic E-state index is 11.1. The van der Waals surface area contributed by atoms with E-state index in [9.17, 15) is 4.79 Å². The van der Waals surface area contributed by atoms with Crippen LogP contribution in [0.3, 0.4) is 0 Å². The van der Waals surface area contributed by atoms with Crippen LogP contribution in [-0.4, -0.2) is 17.4 Å². The van der Waals surface area contributed by atoms with Crippen molar-refractivity contribution in [1.29, 1.82) is 0 Å². The van der Waals surface area contributed by atoms with Crippen LogP contribution in [0, 0.1) is 0 Å². The van der Waals surface area contributed by atoms with E-state index >= 15 is 0 Å². The van der Waals surface area contributed by atoms with Crippen molar-refractivity contribution in [2.24, 2.45) is 0 Å². The highest BCUT2D eigenvalue weighted by atomic mass is 32.1. The summed E-state index contributed by atoms with van der Waals surface area (Å²) in [5, 5.41) is 4.55. The van der Waals surface area contributed by atoms with E-state index in [0.29, 0.717) is 13.0 Å². The molecular formula is C8H10N2OS. The summed E-state index contributed by atoms with van der Waals surface area (Å²) in [6, 6.07) is 0. The SMILES string of the molecule is C=CCNC(=O)Cc1cscn1. The van der Waals surface area contributed by atoms with E-state index in [1.54, 1.807) is 11.6 Å².